The van der Waals surface area contributed by atoms with Gasteiger partial charge in [0.25, 0.3) is 11.6 Å². The lowest BCUT2D eigenvalue weighted by Gasteiger charge is -2.16. The standard InChI is InChI=1S/C13H20N4O3/c1-4-9(5-2)16-13(18)11-7-10(17(19)20)8-15-12(11)14-6-3/h7-9H,4-6H2,1-3H3,(H,14,15)(H,16,18). The number of aromatic nitrogens is 1. The summed E-state index contributed by atoms with van der Waals surface area (Å²) in [6.45, 7) is 6.40. The number of nitrogens with zero attached hydrogens (tertiary/aromatic N) is 2. The van der Waals surface area contributed by atoms with Crippen molar-refractivity contribution in [3.63, 3.8) is 0 Å². The number of carbonyl (C=O) groups excluding carboxylic acids is 1. The minimum absolute atomic E-state index is 0.0521. The van der Waals surface area contributed by atoms with Crippen molar-refractivity contribution in [3.8, 4) is 0 Å². The Morgan fingerprint density at radius 2 is 2.05 bits per heavy atom. The van der Waals surface area contributed by atoms with Crippen molar-refractivity contribution in [3.05, 3.63) is 27.9 Å². The third kappa shape index (κ3) is 3.91. The maximum absolute atomic E-state index is 12.2. The summed E-state index contributed by atoms with van der Waals surface area (Å²) >= 11 is 0. The predicted octanol–water partition coefficient (Wildman–Crippen LogP) is 2.34. The summed E-state index contributed by atoms with van der Waals surface area (Å²) in [6.07, 6.45) is 2.76. The molecule has 0 saturated heterocycles. The van der Waals surface area contributed by atoms with Crippen LogP contribution < -0.4 is 10.6 Å². The van der Waals surface area contributed by atoms with E-state index in [9.17, 15) is 14.9 Å². The first-order valence-electron chi connectivity index (χ1n) is 6.72. The van der Waals surface area contributed by atoms with Crippen LogP contribution in [0.5, 0.6) is 0 Å². The lowest BCUT2D eigenvalue weighted by atomic mass is 10.1. The summed E-state index contributed by atoms with van der Waals surface area (Å²) in [4.78, 5) is 26.4. The lowest BCUT2D eigenvalue weighted by molar-refractivity contribution is -0.385. The molecule has 0 fully saturated rings. The van der Waals surface area contributed by atoms with Crippen LogP contribution in [-0.4, -0.2) is 28.4 Å². The van der Waals surface area contributed by atoms with Crippen molar-refractivity contribution in [2.75, 3.05) is 11.9 Å². The van der Waals surface area contributed by atoms with Crippen LogP contribution in [0.15, 0.2) is 12.3 Å². The number of nitro groups is 1. The second-order valence-corrected chi connectivity index (χ2v) is 4.36. The molecule has 110 valence electrons. The Morgan fingerprint density at radius 1 is 1.40 bits per heavy atom. The summed E-state index contributed by atoms with van der Waals surface area (Å²) in [7, 11) is 0. The molecule has 0 unspecified atom stereocenters. The Hall–Kier alpha value is -2.18. The molecule has 0 aliphatic rings. The van der Waals surface area contributed by atoms with Crippen LogP contribution in [0, 0.1) is 10.1 Å². The summed E-state index contributed by atoms with van der Waals surface area (Å²) < 4.78 is 0. The zero-order valence-electron chi connectivity index (χ0n) is 12.0. The number of pyridine rings is 1. The first kappa shape index (κ1) is 15.9. The van der Waals surface area contributed by atoms with Gasteiger partial charge in [-0.25, -0.2) is 4.98 Å². The van der Waals surface area contributed by atoms with Crippen LogP contribution in [0.3, 0.4) is 0 Å². The average Bonchev–Trinajstić information content (AvgIpc) is 2.44. The molecular weight excluding hydrogens is 260 g/mol. The van der Waals surface area contributed by atoms with E-state index >= 15 is 0 Å². The molecule has 1 rings (SSSR count). The van der Waals surface area contributed by atoms with E-state index < -0.39 is 4.92 Å². The molecule has 0 spiro atoms. The van der Waals surface area contributed by atoms with Crippen molar-refractivity contribution in [2.45, 2.75) is 39.7 Å². The minimum Gasteiger partial charge on any atom is -0.370 e. The highest BCUT2D eigenvalue weighted by molar-refractivity contribution is 5.99. The van der Waals surface area contributed by atoms with Gasteiger partial charge in [-0.05, 0) is 19.8 Å². The number of hydrogen-bond acceptors (Lipinski definition) is 5. The number of nitrogens with one attached hydrogen (secondary N) is 2. The normalized spacial score (nSPS) is 10.4. The molecule has 0 aliphatic carbocycles. The third-order valence-electron chi connectivity index (χ3n) is 2.99. The van der Waals surface area contributed by atoms with E-state index in [4.69, 9.17) is 0 Å². The molecule has 7 nitrogen and oxygen atoms in total. The molecular formula is C13H20N4O3. The van der Waals surface area contributed by atoms with Gasteiger partial charge in [0.2, 0.25) is 0 Å². The van der Waals surface area contributed by atoms with E-state index in [1.165, 1.54) is 6.07 Å². The molecule has 0 radical (unpaired) electrons. The van der Waals surface area contributed by atoms with Gasteiger partial charge in [0.15, 0.2) is 0 Å². The zero-order valence-corrected chi connectivity index (χ0v) is 12.0. The van der Waals surface area contributed by atoms with E-state index in [1.54, 1.807) is 0 Å². The molecule has 0 saturated carbocycles. The Bertz CT molecular complexity index is 487. The van der Waals surface area contributed by atoms with Gasteiger partial charge in [-0.3, -0.25) is 14.9 Å². The third-order valence-corrected chi connectivity index (χ3v) is 2.99. The first-order valence-corrected chi connectivity index (χ1v) is 6.72. The van der Waals surface area contributed by atoms with Crippen molar-refractivity contribution >= 4 is 17.4 Å². The highest BCUT2D eigenvalue weighted by atomic mass is 16.6. The molecule has 0 aromatic carbocycles. The van der Waals surface area contributed by atoms with Gasteiger partial charge in [0.1, 0.15) is 12.0 Å². The summed E-state index contributed by atoms with van der Waals surface area (Å²) in [5, 5.41) is 16.6. The van der Waals surface area contributed by atoms with Crippen LogP contribution in [-0.2, 0) is 0 Å². The largest absolute Gasteiger partial charge is 0.370 e. The van der Waals surface area contributed by atoms with Crippen molar-refractivity contribution in [2.24, 2.45) is 0 Å². The van der Waals surface area contributed by atoms with Gasteiger partial charge in [0.05, 0.1) is 10.5 Å². The molecule has 0 atom stereocenters. The van der Waals surface area contributed by atoms with E-state index in [0.29, 0.717) is 12.4 Å². The van der Waals surface area contributed by atoms with E-state index in [1.807, 2.05) is 20.8 Å². The Labute approximate surface area is 117 Å². The quantitative estimate of drug-likeness (QED) is 0.590. The van der Waals surface area contributed by atoms with Crippen LogP contribution in [0.2, 0.25) is 0 Å². The van der Waals surface area contributed by atoms with Gasteiger partial charge in [-0.15, -0.1) is 0 Å². The van der Waals surface area contributed by atoms with E-state index in [-0.39, 0.29) is 23.2 Å². The summed E-state index contributed by atoms with van der Waals surface area (Å²) in [5.41, 5.74) is 0.00861. The number of rotatable bonds is 7. The van der Waals surface area contributed by atoms with Crippen LogP contribution >= 0.6 is 0 Å². The smallest absolute Gasteiger partial charge is 0.288 e. The first-order chi connectivity index (χ1) is 9.53. The van der Waals surface area contributed by atoms with Gasteiger partial charge in [0, 0.05) is 18.7 Å². The van der Waals surface area contributed by atoms with Crippen LogP contribution in [0.25, 0.3) is 0 Å². The highest BCUT2D eigenvalue weighted by Crippen LogP contribution is 2.19. The number of hydrogen-bond donors (Lipinski definition) is 2. The fourth-order valence-corrected chi connectivity index (χ4v) is 1.79. The molecule has 0 aliphatic heterocycles. The number of amides is 1. The Kier molecular flexibility index (Phi) is 5.89. The van der Waals surface area contributed by atoms with E-state index in [2.05, 4.69) is 15.6 Å². The Balaban J connectivity index is 3.07. The zero-order chi connectivity index (χ0) is 15.1. The SMILES string of the molecule is CCNc1ncc([N+](=O)[O-])cc1C(=O)NC(CC)CC. The van der Waals surface area contributed by atoms with Crippen LogP contribution in [0.1, 0.15) is 44.0 Å². The highest BCUT2D eigenvalue weighted by Gasteiger charge is 2.19. The van der Waals surface area contributed by atoms with Crippen molar-refractivity contribution in [1.29, 1.82) is 0 Å². The molecule has 1 amide bonds. The molecule has 1 heterocycles. The second kappa shape index (κ2) is 7.42. The molecule has 2 N–H and O–H groups in total. The monoisotopic (exact) mass is 280 g/mol. The lowest BCUT2D eigenvalue weighted by Crippen LogP contribution is -2.34. The van der Waals surface area contributed by atoms with Gasteiger partial charge in [-0.1, -0.05) is 13.8 Å². The number of anilines is 1. The fraction of sp³-hybridized carbons (Fsp3) is 0.538. The van der Waals surface area contributed by atoms with Crippen molar-refractivity contribution < 1.29 is 9.72 Å². The Morgan fingerprint density at radius 3 is 2.55 bits per heavy atom. The van der Waals surface area contributed by atoms with E-state index in [0.717, 1.165) is 19.0 Å². The van der Waals surface area contributed by atoms with Gasteiger partial charge < -0.3 is 10.6 Å². The minimum atomic E-state index is -0.559. The molecule has 7 heteroatoms. The fourth-order valence-electron chi connectivity index (χ4n) is 1.79. The van der Waals surface area contributed by atoms with Gasteiger partial charge in [-0.2, -0.15) is 0 Å². The molecule has 20 heavy (non-hydrogen) atoms. The van der Waals surface area contributed by atoms with Crippen LogP contribution in [0.4, 0.5) is 11.5 Å². The summed E-state index contributed by atoms with van der Waals surface area (Å²) in [5.74, 6) is 0.0207. The molecule has 0 bridgehead atoms. The van der Waals surface area contributed by atoms with Gasteiger partial charge >= 0.3 is 0 Å². The number of carbonyl (C=O) groups is 1. The average molecular weight is 280 g/mol. The summed E-state index contributed by atoms with van der Waals surface area (Å²) in [6, 6.07) is 1.30. The maximum Gasteiger partial charge on any atom is 0.288 e. The molecule has 1 aromatic rings. The topological polar surface area (TPSA) is 97.2 Å². The predicted molar refractivity (Wildman–Crippen MR) is 76.9 cm³/mol. The molecule has 1 aromatic heterocycles. The van der Waals surface area contributed by atoms with Crippen molar-refractivity contribution in [1.82, 2.24) is 10.3 Å². The maximum atomic E-state index is 12.2. The second-order valence-electron chi connectivity index (χ2n) is 4.36.